The Kier molecular flexibility index (Phi) is 6.68. The standard InChI is InChI=1S/C18H28N5O7P/c1-10-21-16-12(8-20-23(16)17(19-5)22-10)13-6-11(7-15(24)30-18(2,3)4)14(29-13)9-28-31(25,26)27/h8,11,13-14H,6-7,9H2,1-5H3,(H,19,21,22)(H2,25,26,27)/t11-,13-,14-/m1/s1. The van der Waals surface area contributed by atoms with E-state index in [0.29, 0.717) is 29.4 Å². The number of rotatable bonds is 7. The number of hydrogen-bond acceptors (Lipinski definition) is 9. The molecular weight excluding hydrogens is 429 g/mol. The average molecular weight is 457 g/mol. The fourth-order valence-electron chi connectivity index (χ4n) is 3.55. The molecule has 3 N–H and O–H groups in total. The maximum atomic E-state index is 12.4. The smallest absolute Gasteiger partial charge is 0.460 e. The zero-order chi connectivity index (χ0) is 23.0. The molecule has 12 nitrogen and oxygen atoms in total. The highest BCUT2D eigenvalue weighted by Crippen LogP contribution is 2.43. The lowest BCUT2D eigenvalue weighted by Crippen LogP contribution is -2.29. The molecule has 3 heterocycles. The second-order valence-corrected chi connectivity index (χ2v) is 9.65. The molecule has 31 heavy (non-hydrogen) atoms. The zero-order valence-electron chi connectivity index (χ0n) is 18.1. The minimum Gasteiger partial charge on any atom is -0.460 e. The number of aryl methyl sites for hydroxylation is 1. The van der Waals surface area contributed by atoms with E-state index in [4.69, 9.17) is 19.3 Å². The fraction of sp³-hybridized carbons (Fsp3) is 0.667. The van der Waals surface area contributed by atoms with E-state index >= 15 is 0 Å². The van der Waals surface area contributed by atoms with Crippen LogP contribution in [0.1, 0.15) is 51.1 Å². The minimum atomic E-state index is -4.69. The van der Waals surface area contributed by atoms with E-state index in [9.17, 15) is 9.36 Å². The number of phosphoric acid groups is 1. The Morgan fingerprint density at radius 3 is 2.71 bits per heavy atom. The first-order valence-corrected chi connectivity index (χ1v) is 11.4. The van der Waals surface area contributed by atoms with Crippen LogP contribution < -0.4 is 5.32 Å². The number of nitrogens with zero attached hydrogens (tertiary/aromatic N) is 4. The van der Waals surface area contributed by atoms with Crippen LogP contribution in [0.2, 0.25) is 0 Å². The van der Waals surface area contributed by atoms with Gasteiger partial charge in [0, 0.05) is 18.5 Å². The molecule has 0 saturated carbocycles. The van der Waals surface area contributed by atoms with Gasteiger partial charge in [0.15, 0.2) is 5.65 Å². The molecule has 0 bridgehead atoms. The number of carbonyl (C=O) groups excluding carboxylic acids is 1. The topological polar surface area (TPSA) is 157 Å². The minimum absolute atomic E-state index is 0.0257. The van der Waals surface area contributed by atoms with E-state index in [2.05, 4.69) is 24.9 Å². The van der Waals surface area contributed by atoms with Gasteiger partial charge in [0.1, 0.15) is 11.4 Å². The Bertz CT molecular complexity index is 999. The summed E-state index contributed by atoms with van der Waals surface area (Å²) in [5.41, 5.74) is 0.596. The summed E-state index contributed by atoms with van der Waals surface area (Å²) in [5.74, 6) is 0.271. The van der Waals surface area contributed by atoms with Crippen LogP contribution in [0.4, 0.5) is 5.95 Å². The number of carbonyl (C=O) groups is 1. The third kappa shape index (κ3) is 5.98. The van der Waals surface area contributed by atoms with Gasteiger partial charge in [0.25, 0.3) is 0 Å². The summed E-state index contributed by atoms with van der Waals surface area (Å²) in [4.78, 5) is 39.3. The summed E-state index contributed by atoms with van der Waals surface area (Å²) in [6, 6.07) is 0. The number of anilines is 1. The first-order valence-electron chi connectivity index (χ1n) is 9.83. The maximum Gasteiger partial charge on any atom is 0.469 e. The molecule has 1 aliphatic heterocycles. The molecule has 172 valence electrons. The normalized spacial score (nSPS) is 22.1. The zero-order valence-corrected chi connectivity index (χ0v) is 19.0. The first-order chi connectivity index (χ1) is 14.4. The second-order valence-electron chi connectivity index (χ2n) is 8.42. The van der Waals surface area contributed by atoms with Crippen LogP contribution in [0.25, 0.3) is 5.65 Å². The van der Waals surface area contributed by atoms with Crippen molar-refractivity contribution < 1.29 is 33.1 Å². The lowest BCUT2D eigenvalue weighted by Gasteiger charge is -2.22. The van der Waals surface area contributed by atoms with Gasteiger partial charge in [-0.25, -0.2) is 9.55 Å². The lowest BCUT2D eigenvalue weighted by molar-refractivity contribution is -0.156. The molecule has 1 aliphatic rings. The number of fused-ring (bicyclic) bond motifs is 1. The van der Waals surface area contributed by atoms with Crippen molar-refractivity contribution >= 4 is 25.4 Å². The van der Waals surface area contributed by atoms with E-state index in [-0.39, 0.29) is 18.9 Å². The summed E-state index contributed by atoms with van der Waals surface area (Å²) < 4.78 is 28.9. The van der Waals surface area contributed by atoms with Crippen LogP contribution in [0.5, 0.6) is 0 Å². The summed E-state index contributed by atoms with van der Waals surface area (Å²) >= 11 is 0. The largest absolute Gasteiger partial charge is 0.469 e. The molecule has 0 aliphatic carbocycles. The van der Waals surface area contributed by atoms with Gasteiger partial charge in [-0.1, -0.05) is 0 Å². The molecule has 0 aromatic carbocycles. The van der Waals surface area contributed by atoms with Gasteiger partial charge < -0.3 is 24.6 Å². The highest BCUT2D eigenvalue weighted by Gasteiger charge is 2.40. The van der Waals surface area contributed by atoms with Crippen molar-refractivity contribution in [2.45, 2.75) is 58.3 Å². The average Bonchev–Trinajstić information content (AvgIpc) is 3.20. The highest BCUT2D eigenvalue weighted by atomic mass is 31.2. The van der Waals surface area contributed by atoms with Crippen molar-refractivity contribution in [3.63, 3.8) is 0 Å². The van der Waals surface area contributed by atoms with Crippen molar-refractivity contribution in [1.29, 1.82) is 0 Å². The molecule has 0 spiro atoms. The Morgan fingerprint density at radius 2 is 2.10 bits per heavy atom. The Morgan fingerprint density at radius 1 is 1.39 bits per heavy atom. The highest BCUT2D eigenvalue weighted by molar-refractivity contribution is 7.46. The van der Waals surface area contributed by atoms with E-state index in [1.165, 1.54) is 0 Å². The van der Waals surface area contributed by atoms with Crippen LogP contribution in [-0.2, 0) is 23.4 Å². The molecule has 13 heteroatoms. The summed E-state index contributed by atoms with van der Waals surface area (Å²) in [5, 5.41) is 7.28. The number of esters is 1. The maximum absolute atomic E-state index is 12.4. The number of phosphoric ester groups is 1. The van der Waals surface area contributed by atoms with Gasteiger partial charge in [0.2, 0.25) is 5.95 Å². The van der Waals surface area contributed by atoms with Crippen molar-refractivity contribution in [1.82, 2.24) is 19.6 Å². The van der Waals surface area contributed by atoms with Gasteiger partial charge in [0.05, 0.1) is 31.4 Å². The fourth-order valence-corrected chi connectivity index (χ4v) is 3.89. The molecule has 2 aromatic heterocycles. The third-order valence-corrected chi connectivity index (χ3v) is 5.20. The van der Waals surface area contributed by atoms with E-state index in [0.717, 1.165) is 0 Å². The Labute approximate surface area is 179 Å². The van der Waals surface area contributed by atoms with Crippen LogP contribution in [0.3, 0.4) is 0 Å². The Hall–Kier alpha value is -2.11. The predicted octanol–water partition coefficient (Wildman–Crippen LogP) is 1.76. The Balaban J connectivity index is 1.85. The van der Waals surface area contributed by atoms with Crippen molar-refractivity contribution in [2.24, 2.45) is 5.92 Å². The van der Waals surface area contributed by atoms with Gasteiger partial charge in [-0.15, -0.1) is 0 Å². The van der Waals surface area contributed by atoms with Gasteiger partial charge in [-0.2, -0.15) is 14.6 Å². The van der Waals surface area contributed by atoms with Crippen LogP contribution in [0.15, 0.2) is 6.20 Å². The van der Waals surface area contributed by atoms with Crippen molar-refractivity contribution in [3.8, 4) is 0 Å². The third-order valence-electron chi connectivity index (χ3n) is 4.72. The SMILES string of the molecule is CNc1nc(C)nc2c([C@H]3C[C@H](CC(=O)OC(C)(C)C)[C@@H](COP(=O)(O)O)O3)cnn12. The second kappa shape index (κ2) is 8.79. The van der Waals surface area contributed by atoms with E-state index < -0.39 is 31.6 Å². The van der Waals surface area contributed by atoms with Crippen LogP contribution in [0, 0.1) is 12.8 Å². The molecule has 0 radical (unpaired) electrons. The summed E-state index contributed by atoms with van der Waals surface area (Å²) in [6.07, 6.45) is 0.846. The summed E-state index contributed by atoms with van der Waals surface area (Å²) in [7, 11) is -2.97. The molecule has 2 aromatic rings. The summed E-state index contributed by atoms with van der Waals surface area (Å²) in [6.45, 7) is 6.72. The van der Waals surface area contributed by atoms with Crippen molar-refractivity contribution in [2.75, 3.05) is 19.0 Å². The molecule has 0 amide bonds. The van der Waals surface area contributed by atoms with Gasteiger partial charge in [-0.3, -0.25) is 9.32 Å². The monoisotopic (exact) mass is 457 g/mol. The van der Waals surface area contributed by atoms with Crippen molar-refractivity contribution in [3.05, 3.63) is 17.6 Å². The lowest BCUT2D eigenvalue weighted by atomic mass is 9.94. The van der Waals surface area contributed by atoms with Crippen LogP contribution >= 0.6 is 7.82 Å². The number of nitrogens with one attached hydrogen (secondary N) is 1. The quantitative estimate of drug-likeness (QED) is 0.411. The molecule has 3 rings (SSSR count). The first kappa shape index (κ1) is 23.6. The van der Waals surface area contributed by atoms with Crippen LogP contribution in [-0.4, -0.2) is 60.7 Å². The number of hydrogen-bond donors (Lipinski definition) is 3. The van der Waals surface area contributed by atoms with E-state index in [1.54, 1.807) is 45.5 Å². The van der Waals surface area contributed by atoms with Gasteiger partial charge >= 0.3 is 13.8 Å². The predicted molar refractivity (Wildman–Crippen MR) is 109 cm³/mol. The number of aromatic nitrogens is 4. The molecule has 1 fully saturated rings. The molecule has 3 atom stereocenters. The molecular formula is C18H28N5O7P. The number of ether oxygens (including phenoxy) is 2. The van der Waals surface area contributed by atoms with E-state index in [1.807, 2.05) is 0 Å². The molecule has 1 saturated heterocycles. The molecule has 0 unspecified atom stereocenters. The van der Waals surface area contributed by atoms with Gasteiger partial charge in [-0.05, 0) is 34.1 Å².